The van der Waals surface area contributed by atoms with Crippen molar-refractivity contribution in [3.8, 4) is 5.75 Å². The van der Waals surface area contributed by atoms with Crippen LogP contribution in [0, 0.1) is 6.92 Å². The number of carbonyl (C=O) groups excluding carboxylic acids is 1. The molecular formula is C31H32N4O3S. The fourth-order valence-corrected chi connectivity index (χ4v) is 5.25. The van der Waals surface area contributed by atoms with E-state index in [1.54, 1.807) is 16.4 Å². The molecular weight excluding hydrogens is 508 g/mol. The summed E-state index contributed by atoms with van der Waals surface area (Å²) in [4.78, 5) is 18.0. The highest BCUT2D eigenvalue weighted by atomic mass is 32.2. The number of benzene rings is 3. The average molecular weight is 541 g/mol. The summed E-state index contributed by atoms with van der Waals surface area (Å²) in [7, 11) is 0. The van der Waals surface area contributed by atoms with E-state index in [4.69, 9.17) is 19.6 Å². The van der Waals surface area contributed by atoms with Gasteiger partial charge in [0.15, 0.2) is 0 Å². The molecule has 3 aromatic carbocycles. The molecule has 0 aliphatic carbocycles. The summed E-state index contributed by atoms with van der Waals surface area (Å²) in [5, 5.41) is 8.74. The maximum absolute atomic E-state index is 13.3. The van der Waals surface area contributed by atoms with E-state index in [2.05, 4.69) is 36.5 Å². The second-order valence-electron chi connectivity index (χ2n) is 9.43. The Morgan fingerprint density at radius 3 is 2.62 bits per heavy atom. The van der Waals surface area contributed by atoms with Crippen molar-refractivity contribution in [3.63, 3.8) is 0 Å². The Balaban J connectivity index is 1.46. The lowest BCUT2D eigenvalue weighted by Crippen LogP contribution is -2.29. The zero-order chi connectivity index (χ0) is 27.2. The third kappa shape index (κ3) is 6.17. The summed E-state index contributed by atoms with van der Waals surface area (Å²) in [5.41, 5.74) is 5.58. The minimum absolute atomic E-state index is 0.351. The Hall–Kier alpha value is -4.04. The predicted octanol–water partition coefficient (Wildman–Crippen LogP) is 6.70. The first-order valence-electron chi connectivity index (χ1n) is 13.1. The lowest BCUT2D eigenvalue weighted by molar-refractivity contribution is -0.139. The van der Waals surface area contributed by atoms with Crippen molar-refractivity contribution < 1.29 is 14.3 Å². The number of aryl methyl sites for hydroxylation is 1. The Morgan fingerprint density at radius 2 is 1.82 bits per heavy atom. The van der Waals surface area contributed by atoms with Gasteiger partial charge in [-0.25, -0.2) is 9.48 Å². The molecule has 39 heavy (non-hydrogen) atoms. The number of rotatable bonds is 10. The van der Waals surface area contributed by atoms with Gasteiger partial charge in [-0.2, -0.15) is 4.98 Å². The highest BCUT2D eigenvalue weighted by molar-refractivity contribution is 7.98. The molecule has 0 spiro atoms. The normalized spacial score (nSPS) is 14.5. The maximum Gasteiger partial charge on any atom is 0.338 e. The predicted molar refractivity (Wildman–Crippen MR) is 154 cm³/mol. The molecule has 2 heterocycles. The van der Waals surface area contributed by atoms with Crippen molar-refractivity contribution in [1.82, 2.24) is 14.8 Å². The first kappa shape index (κ1) is 26.6. The van der Waals surface area contributed by atoms with Crippen LogP contribution in [0.5, 0.6) is 5.75 Å². The smallest absolute Gasteiger partial charge is 0.338 e. The molecule has 4 aromatic rings. The van der Waals surface area contributed by atoms with Crippen LogP contribution in [0.2, 0.25) is 0 Å². The summed E-state index contributed by atoms with van der Waals surface area (Å²) in [5.74, 6) is 1.69. The lowest BCUT2D eigenvalue weighted by atomic mass is 9.95. The quantitative estimate of drug-likeness (QED) is 0.177. The molecule has 1 unspecified atom stereocenters. The molecule has 0 amide bonds. The second-order valence-corrected chi connectivity index (χ2v) is 10.4. The van der Waals surface area contributed by atoms with Crippen LogP contribution >= 0.6 is 11.8 Å². The lowest BCUT2D eigenvalue weighted by Gasteiger charge is -2.28. The van der Waals surface area contributed by atoms with Gasteiger partial charge in [-0.05, 0) is 54.7 Å². The van der Waals surface area contributed by atoms with Crippen LogP contribution in [-0.4, -0.2) is 27.3 Å². The van der Waals surface area contributed by atoms with Gasteiger partial charge in [0.05, 0.1) is 12.2 Å². The number of allylic oxidation sites excluding steroid dienone is 1. The molecule has 1 aliphatic heterocycles. The molecule has 0 saturated heterocycles. The standard InChI is InChI=1S/C31H32N4O3S/c1-4-17-37-29(36)27-22(3)32-30-33-31(39-20-23-12-6-5-7-13-23)34-35(30)28(27)24-15-10-16-26(18-24)38-19-25-14-9-8-11-21(25)2/h5-16,18,28H,4,17,19-20H2,1-3H3,(H,32,33,34). The Labute approximate surface area is 233 Å². The van der Waals surface area contributed by atoms with Gasteiger partial charge in [-0.1, -0.05) is 85.4 Å². The van der Waals surface area contributed by atoms with Gasteiger partial charge >= 0.3 is 5.97 Å². The number of aromatic nitrogens is 3. The van der Waals surface area contributed by atoms with Gasteiger partial charge < -0.3 is 14.8 Å². The summed E-state index contributed by atoms with van der Waals surface area (Å²) >= 11 is 1.56. The molecule has 0 bridgehead atoms. The van der Waals surface area contributed by atoms with Crippen molar-refractivity contribution >= 4 is 23.7 Å². The summed E-state index contributed by atoms with van der Waals surface area (Å²) in [6.45, 7) is 6.74. The van der Waals surface area contributed by atoms with E-state index in [9.17, 15) is 4.79 Å². The first-order chi connectivity index (χ1) is 19.0. The van der Waals surface area contributed by atoms with Crippen molar-refractivity contribution in [1.29, 1.82) is 0 Å². The van der Waals surface area contributed by atoms with Crippen LogP contribution in [0.3, 0.4) is 0 Å². The molecule has 200 valence electrons. The number of nitrogens with zero attached hydrogens (tertiary/aromatic N) is 3. The first-order valence-corrected chi connectivity index (χ1v) is 14.1. The Kier molecular flexibility index (Phi) is 8.32. The number of thioether (sulfide) groups is 1. The van der Waals surface area contributed by atoms with Gasteiger partial charge in [-0.3, -0.25) is 0 Å². The largest absolute Gasteiger partial charge is 0.489 e. The van der Waals surface area contributed by atoms with Crippen LogP contribution in [0.4, 0.5) is 5.95 Å². The molecule has 1 aromatic heterocycles. The van der Waals surface area contributed by atoms with Crippen molar-refractivity contribution in [2.75, 3.05) is 11.9 Å². The number of esters is 1. The number of carbonyl (C=O) groups is 1. The molecule has 1 aliphatic rings. The summed E-state index contributed by atoms with van der Waals surface area (Å²) in [6, 6.07) is 25.7. The fourth-order valence-electron chi connectivity index (χ4n) is 4.47. The number of nitrogens with one attached hydrogen (secondary N) is 1. The zero-order valence-electron chi connectivity index (χ0n) is 22.4. The van der Waals surface area contributed by atoms with E-state index in [0.29, 0.717) is 41.3 Å². The average Bonchev–Trinajstić information content (AvgIpc) is 3.36. The molecule has 0 fully saturated rings. The number of ether oxygens (including phenoxy) is 2. The molecule has 7 nitrogen and oxygen atoms in total. The summed E-state index contributed by atoms with van der Waals surface area (Å²) < 4.78 is 13.6. The SMILES string of the molecule is CCCOC(=O)C1=C(C)Nc2nc(SCc3ccccc3)nn2C1c1cccc(OCc2ccccc2C)c1. The monoisotopic (exact) mass is 540 g/mol. The molecule has 1 N–H and O–H groups in total. The van der Waals surface area contributed by atoms with Crippen LogP contribution in [0.15, 0.2) is 95.3 Å². The Bertz CT molecular complexity index is 1480. The van der Waals surface area contributed by atoms with Crippen LogP contribution in [0.1, 0.15) is 48.6 Å². The van der Waals surface area contributed by atoms with E-state index in [-0.39, 0.29) is 5.97 Å². The van der Waals surface area contributed by atoms with Crippen LogP contribution in [-0.2, 0) is 21.9 Å². The van der Waals surface area contributed by atoms with Gasteiger partial charge in [-0.15, -0.1) is 5.10 Å². The molecule has 8 heteroatoms. The zero-order valence-corrected chi connectivity index (χ0v) is 23.2. The number of anilines is 1. The van der Waals surface area contributed by atoms with E-state index in [1.165, 1.54) is 11.1 Å². The van der Waals surface area contributed by atoms with Crippen LogP contribution < -0.4 is 10.1 Å². The summed E-state index contributed by atoms with van der Waals surface area (Å²) in [6.07, 6.45) is 0.743. The topological polar surface area (TPSA) is 78.3 Å². The van der Waals surface area contributed by atoms with E-state index < -0.39 is 6.04 Å². The fraction of sp³-hybridized carbons (Fsp3) is 0.258. The van der Waals surface area contributed by atoms with Gasteiger partial charge in [0, 0.05) is 11.4 Å². The second kappa shape index (κ2) is 12.2. The van der Waals surface area contributed by atoms with E-state index in [0.717, 1.165) is 23.3 Å². The van der Waals surface area contributed by atoms with Gasteiger partial charge in [0.25, 0.3) is 0 Å². The van der Waals surface area contributed by atoms with Crippen molar-refractivity contribution in [2.24, 2.45) is 0 Å². The van der Waals surface area contributed by atoms with E-state index >= 15 is 0 Å². The number of hydrogen-bond acceptors (Lipinski definition) is 7. The molecule has 0 saturated carbocycles. The minimum atomic E-state index is -0.508. The number of hydrogen-bond donors (Lipinski definition) is 1. The molecule has 5 rings (SSSR count). The molecule has 1 atom stereocenters. The number of fused-ring (bicyclic) bond motifs is 1. The molecule has 0 radical (unpaired) electrons. The van der Waals surface area contributed by atoms with E-state index in [1.807, 2.05) is 68.4 Å². The third-order valence-corrected chi connectivity index (χ3v) is 7.44. The minimum Gasteiger partial charge on any atom is -0.489 e. The highest BCUT2D eigenvalue weighted by Gasteiger charge is 2.35. The third-order valence-electron chi connectivity index (χ3n) is 6.53. The highest BCUT2D eigenvalue weighted by Crippen LogP contribution is 2.38. The van der Waals surface area contributed by atoms with Gasteiger partial charge in [0.2, 0.25) is 11.1 Å². The maximum atomic E-state index is 13.3. The van der Waals surface area contributed by atoms with Crippen molar-refractivity contribution in [2.45, 2.75) is 50.8 Å². The van der Waals surface area contributed by atoms with Gasteiger partial charge in [0.1, 0.15) is 18.4 Å². The van der Waals surface area contributed by atoms with Crippen LogP contribution in [0.25, 0.3) is 0 Å². The van der Waals surface area contributed by atoms with Crippen molar-refractivity contribution in [3.05, 3.63) is 112 Å². The Morgan fingerprint density at radius 1 is 1.03 bits per heavy atom.